The van der Waals surface area contributed by atoms with Gasteiger partial charge < -0.3 is 29.9 Å². The molecule has 0 unspecified atom stereocenters. The van der Waals surface area contributed by atoms with Crippen LogP contribution in [0.4, 0.5) is 5.95 Å². The number of carbonyl (C=O) groups is 2. The van der Waals surface area contributed by atoms with Crippen LogP contribution in [0, 0.1) is 19.8 Å². The molecule has 0 radical (unpaired) electrons. The summed E-state index contributed by atoms with van der Waals surface area (Å²) in [6, 6.07) is 18.2. The zero-order valence-corrected chi connectivity index (χ0v) is 41.3. The summed E-state index contributed by atoms with van der Waals surface area (Å²) in [5.41, 5.74) is 9.47. The molecule has 4 atom stereocenters. The van der Waals surface area contributed by atoms with Crippen LogP contribution in [0.2, 0.25) is 0 Å². The molecule has 10 rings (SSSR count). The maximum atomic E-state index is 14.4. The third-order valence-electron chi connectivity index (χ3n) is 14.8. The van der Waals surface area contributed by atoms with Crippen LogP contribution in [0.25, 0.3) is 31.9 Å². The van der Waals surface area contributed by atoms with Gasteiger partial charge in [0.2, 0.25) is 17.8 Å². The number of rotatable bonds is 12. The van der Waals surface area contributed by atoms with E-state index < -0.39 is 18.1 Å². The number of likely N-dealkylation sites (tertiary alicyclic amines) is 1. The van der Waals surface area contributed by atoms with Gasteiger partial charge in [-0.25, -0.2) is 15.0 Å². The molecule has 3 aliphatic rings. The van der Waals surface area contributed by atoms with E-state index in [1.165, 1.54) is 15.3 Å². The minimum atomic E-state index is -0.803. The normalized spacial score (nSPS) is 21.0. The lowest BCUT2D eigenvalue weighted by molar-refractivity contribution is -0.141. The van der Waals surface area contributed by atoms with E-state index in [0.29, 0.717) is 28.9 Å². The largest absolute Gasteiger partial charge is 0.507 e. The van der Waals surface area contributed by atoms with Crippen LogP contribution in [0.5, 0.6) is 5.75 Å². The molecule has 0 spiro atoms. The number of thiophene rings is 1. The number of aliphatic hydroxyl groups is 1. The Labute approximate surface area is 410 Å². The average molecular weight is 966 g/mol. The fourth-order valence-corrected chi connectivity index (χ4v) is 12.9. The number of aromatic nitrogens is 6. The van der Waals surface area contributed by atoms with Crippen LogP contribution in [0.15, 0.2) is 83.1 Å². The predicted molar refractivity (Wildman–Crippen MR) is 268 cm³/mol. The number of anilines is 1. The molecule has 1 aliphatic carbocycles. The molecule has 5 aromatic heterocycles. The van der Waals surface area contributed by atoms with Gasteiger partial charge in [0.1, 0.15) is 28.3 Å². The maximum Gasteiger partial charge on any atom is 0.243 e. The van der Waals surface area contributed by atoms with Gasteiger partial charge in [0, 0.05) is 66.3 Å². The first kappa shape index (κ1) is 46.6. The summed E-state index contributed by atoms with van der Waals surface area (Å²) in [4.78, 5) is 49.5. The van der Waals surface area contributed by atoms with Crippen molar-refractivity contribution in [1.82, 2.24) is 40.5 Å². The smallest absolute Gasteiger partial charge is 0.243 e. The van der Waals surface area contributed by atoms with Crippen molar-refractivity contribution in [2.24, 2.45) is 5.92 Å². The number of nitrogens with one attached hydrogen (secondary N) is 1. The maximum absolute atomic E-state index is 14.4. The lowest BCUT2D eigenvalue weighted by atomic mass is 9.78. The summed E-state index contributed by atoms with van der Waals surface area (Å²) in [6.45, 7) is 11.9. The molecule has 0 bridgehead atoms. The molecule has 2 aliphatic heterocycles. The summed E-state index contributed by atoms with van der Waals surface area (Å²) < 4.78 is 5.97. The molecule has 14 nitrogen and oxygen atoms in total. The number of aliphatic hydroxyl groups excluding tert-OH is 1. The molecule has 16 heteroatoms. The Bertz CT molecular complexity index is 2930. The van der Waals surface area contributed by atoms with E-state index >= 15 is 0 Å². The van der Waals surface area contributed by atoms with E-state index in [-0.39, 0.29) is 48.4 Å². The topological polar surface area (TPSA) is 184 Å². The SMILES string of the molecule is Cc1ncsc1-c1ccc([C@H](C)NC(=O)[C@@H]2C[C@@H](O)CN2C(=O)[C@@H](c2cc(C3CCC(c4cnc(N5CCC(c6sc7nnc(-c8ccccc8O)cc7c6C)CC5)nc4)CC3)no2)C(C)C)cc1. The van der Waals surface area contributed by atoms with Crippen molar-refractivity contribution in [1.29, 1.82) is 0 Å². The van der Waals surface area contributed by atoms with E-state index in [4.69, 9.17) is 14.5 Å². The summed E-state index contributed by atoms with van der Waals surface area (Å²) in [6.07, 6.45) is 9.19. The van der Waals surface area contributed by atoms with Crippen molar-refractivity contribution in [2.45, 2.75) is 121 Å². The number of carbonyl (C=O) groups excluding carboxylic acids is 2. The van der Waals surface area contributed by atoms with Crippen LogP contribution in [-0.2, 0) is 9.59 Å². The van der Waals surface area contributed by atoms with Gasteiger partial charge in [-0.1, -0.05) is 55.4 Å². The van der Waals surface area contributed by atoms with Crippen LogP contribution in [0.1, 0.15) is 134 Å². The van der Waals surface area contributed by atoms with Crippen molar-refractivity contribution in [3.05, 3.63) is 117 Å². The molecular formula is C53H59N9O5S2. The number of para-hydroxylation sites is 1. The van der Waals surface area contributed by atoms with E-state index in [1.54, 1.807) is 28.7 Å². The zero-order chi connectivity index (χ0) is 47.9. The standard InChI is InChI=1S/C53H59N9O5S2/c1-29(2)47(52(66)62-27-39(63)22-44(62)50(65)57-31(4)33-10-16-36(17-11-33)49-32(5)56-28-68-49)46-24-42(60-67-46)35-14-12-34(13-15-35)38-25-54-53(55-26-38)61-20-18-37(19-21-61)48-30(3)41-23-43(58-59-51(41)69-48)40-8-6-7-9-45(40)64/h6-11,16-17,23-26,28-29,31,34-35,37,39,44,47,63-64H,12-15,18-22,27H2,1-5H3,(H,57,65)/t31-,34?,35?,39+,44-,47+/m0/s1. The second kappa shape index (κ2) is 19.7. The van der Waals surface area contributed by atoms with Crippen LogP contribution in [0.3, 0.4) is 0 Å². The van der Waals surface area contributed by atoms with Crippen molar-refractivity contribution >= 4 is 50.7 Å². The van der Waals surface area contributed by atoms with Gasteiger partial charge in [-0.05, 0) is 118 Å². The first-order chi connectivity index (χ1) is 33.4. The highest BCUT2D eigenvalue weighted by molar-refractivity contribution is 7.19. The number of benzene rings is 2. The molecule has 2 saturated heterocycles. The summed E-state index contributed by atoms with van der Waals surface area (Å²) in [5, 5.41) is 38.9. The van der Waals surface area contributed by atoms with Gasteiger partial charge in [-0.2, -0.15) is 0 Å². The Morgan fingerprint density at radius 3 is 2.29 bits per heavy atom. The van der Waals surface area contributed by atoms with Gasteiger partial charge >= 0.3 is 0 Å². The molecule has 358 valence electrons. The van der Waals surface area contributed by atoms with Crippen LogP contribution >= 0.6 is 22.7 Å². The highest BCUT2D eigenvalue weighted by Crippen LogP contribution is 2.43. The molecule has 69 heavy (non-hydrogen) atoms. The molecule has 7 heterocycles. The van der Waals surface area contributed by atoms with Crippen molar-refractivity contribution < 1.29 is 24.3 Å². The van der Waals surface area contributed by atoms with E-state index in [2.05, 4.69) is 43.5 Å². The number of hydrogen-bond acceptors (Lipinski definition) is 14. The zero-order valence-electron chi connectivity index (χ0n) is 39.7. The predicted octanol–water partition coefficient (Wildman–Crippen LogP) is 9.99. The Hall–Kier alpha value is -6.10. The summed E-state index contributed by atoms with van der Waals surface area (Å²) >= 11 is 3.33. The molecule has 3 N–H and O–H groups in total. The molecule has 1 saturated carbocycles. The lowest BCUT2D eigenvalue weighted by Gasteiger charge is -2.32. The first-order valence-electron chi connectivity index (χ1n) is 24.3. The average Bonchev–Trinajstić information content (AvgIpc) is 4.19. The number of piperidine rings is 1. The van der Waals surface area contributed by atoms with Crippen molar-refractivity contribution in [3.8, 4) is 27.4 Å². The number of phenolic OH excluding ortho intramolecular Hbond substituents is 1. The van der Waals surface area contributed by atoms with Crippen LogP contribution in [-0.4, -0.2) is 89.0 Å². The van der Waals surface area contributed by atoms with E-state index in [0.717, 1.165) is 101 Å². The number of fused-ring (bicyclic) bond motifs is 1. The number of amides is 2. The second-order valence-corrected chi connectivity index (χ2v) is 21.5. The minimum absolute atomic E-state index is 0.0834. The van der Waals surface area contributed by atoms with E-state index in [9.17, 15) is 19.8 Å². The van der Waals surface area contributed by atoms with Gasteiger partial charge in [-0.3, -0.25) is 9.59 Å². The third-order valence-corrected chi connectivity index (χ3v) is 17.1. The second-order valence-electron chi connectivity index (χ2n) is 19.6. The molecule has 3 fully saturated rings. The number of nitrogens with zero attached hydrogens (tertiary/aromatic N) is 8. The number of aromatic hydroxyl groups is 1. The minimum Gasteiger partial charge on any atom is -0.507 e. The number of β-amino-alcohol motifs (C(OH)–C–C–N with tert-alkyl or cyclic N) is 1. The van der Waals surface area contributed by atoms with Crippen LogP contribution < -0.4 is 10.2 Å². The summed E-state index contributed by atoms with van der Waals surface area (Å²) in [7, 11) is 0. The van der Waals surface area contributed by atoms with Gasteiger partial charge in [0.05, 0.1) is 39.6 Å². The number of hydrogen-bond donors (Lipinski definition) is 3. The molecular weight excluding hydrogens is 907 g/mol. The van der Waals surface area contributed by atoms with Gasteiger partial charge in [0.25, 0.3) is 0 Å². The fraction of sp³-hybridized carbons (Fsp3) is 0.434. The highest BCUT2D eigenvalue weighted by atomic mass is 32.1. The van der Waals surface area contributed by atoms with Crippen molar-refractivity contribution in [3.63, 3.8) is 0 Å². The van der Waals surface area contributed by atoms with Crippen molar-refractivity contribution in [2.75, 3.05) is 24.5 Å². The lowest BCUT2D eigenvalue weighted by Crippen LogP contribution is -2.48. The molecule has 2 amide bonds. The molecule has 2 aromatic carbocycles. The first-order valence-corrected chi connectivity index (χ1v) is 26.0. The fourth-order valence-electron chi connectivity index (χ4n) is 10.8. The third kappa shape index (κ3) is 9.50. The highest BCUT2D eigenvalue weighted by Gasteiger charge is 2.44. The molecule has 7 aromatic rings. The number of aryl methyl sites for hydroxylation is 2. The Morgan fingerprint density at radius 2 is 1.59 bits per heavy atom. The van der Waals surface area contributed by atoms with Gasteiger partial charge in [-0.15, -0.1) is 32.9 Å². The number of thiazole rings is 1. The van der Waals surface area contributed by atoms with Gasteiger partial charge in [0.15, 0.2) is 0 Å². The number of phenols is 1. The Morgan fingerprint density at radius 1 is 0.870 bits per heavy atom. The Balaban J connectivity index is 0.723. The summed E-state index contributed by atoms with van der Waals surface area (Å²) in [5.74, 6) is 1.15. The quantitative estimate of drug-likeness (QED) is 0.106. The monoisotopic (exact) mass is 965 g/mol. The van der Waals surface area contributed by atoms with E-state index in [1.807, 2.05) is 94.1 Å². The Kier molecular flexibility index (Phi) is 13.3.